The van der Waals surface area contributed by atoms with Crippen LogP contribution in [0.15, 0.2) is 12.2 Å². The summed E-state index contributed by atoms with van der Waals surface area (Å²) in [6.45, 7) is 5.42. The summed E-state index contributed by atoms with van der Waals surface area (Å²) < 4.78 is 10.5. The van der Waals surface area contributed by atoms with Crippen molar-refractivity contribution in [3.63, 3.8) is 0 Å². The number of rotatable bonds is 23. The first-order valence-corrected chi connectivity index (χ1v) is 13.2. The molecule has 0 heterocycles. The van der Waals surface area contributed by atoms with Gasteiger partial charge in [0.25, 0.3) is 0 Å². The molecule has 0 aliphatic heterocycles. The second-order valence-corrected chi connectivity index (χ2v) is 8.56. The lowest BCUT2D eigenvalue weighted by Crippen LogP contribution is -2.08. The van der Waals surface area contributed by atoms with Crippen molar-refractivity contribution in [1.29, 1.82) is 0 Å². The molecule has 182 valence electrons. The molecule has 0 rings (SSSR count). The molecule has 0 fully saturated rings. The molecule has 4 heteroatoms. The summed E-state index contributed by atoms with van der Waals surface area (Å²) in [4.78, 5) is 23.4. The van der Waals surface area contributed by atoms with Crippen molar-refractivity contribution in [2.45, 2.75) is 136 Å². The minimum absolute atomic E-state index is 0.138. The van der Waals surface area contributed by atoms with E-state index >= 15 is 0 Å². The summed E-state index contributed by atoms with van der Waals surface area (Å²) in [7, 11) is 0. The molecule has 0 aliphatic carbocycles. The smallest absolute Gasteiger partial charge is 0.305 e. The zero-order valence-corrected chi connectivity index (χ0v) is 20.6. The van der Waals surface area contributed by atoms with Crippen molar-refractivity contribution in [2.24, 2.45) is 0 Å². The molecule has 0 N–H and O–H groups in total. The highest BCUT2D eigenvalue weighted by Crippen LogP contribution is 2.11. The van der Waals surface area contributed by atoms with E-state index in [1.807, 2.05) is 0 Å². The Balaban J connectivity index is 3.29. The lowest BCUT2D eigenvalue weighted by Gasteiger charge is -2.06. The van der Waals surface area contributed by atoms with Crippen molar-refractivity contribution in [3.8, 4) is 0 Å². The Bertz CT molecular complexity index is 431. The molecule has 0 radical (unpaired) electrons. The fourth-order valence-corrected chi connectivity index (χ4v) is 3.47. The lowest BCUT2D eigenvalue weighted by molar-refractivity contribution is -0.146. The van der Waals surface area contributed by atoms with Gasteiger partial charge in [0.1, 0.15) is 0 Å². The minimum Gasteiger partial charge on any atom is -0.466 e. The Kier molecular flexibility index (Phi) is 23.9. The maximum absolute atomic E-state index is 11.7. The molecule has 0 aromatic carbocycles. The highest BCUT2D eigenvalue weighted by Gasteiger charge is 2.06. The minimum atomic E-state index is -0.141. The molecule has 0 bridgehead atoms. The van der Waals surface area contributed by atoms with E-state index in [2.05, 4.69) is 26.0 Å². The average Bonchev–Trinajstić information content (AvgIpc) is 2.77. The van der Waals surface area contributed by atoms with Crippen LogP contribution in [-0.2, 0) is 19.1 Å². The standard InChI is InChI=1S/C27H50O4/c1-3-5-7-9-10-11-12-13-14-15-17-21-25-31-27(29)23-19-18-22-26(28)30-24-20-16-8-6-4-2/h5,7H,3-4,6,8-25H2,1-2H3/b7-5+. The molecule has 0 saturated carbocycles. The zero-order chi connectivity index (χ0) is 22.8. The maximum atomic E-state index is 11.7. The second kappa shape index (κ2) is 24.9. The van der Waals surface area contributed by atoms with Crippen LogP contribution in [-0.4, -0.2) is 25.2 Å². The fraction of sp³-hybridized carbons (Fsp3) is 0.852. The van der Waals surface area contributed by atoms with Crippen molar-refractivity contribution in [1.82, 2.24) is 0 Å². The Morgan fingerprint density at radius 1 is 0.548 bits per heavy atom. The normalized spacial score (nSPS) is 11.2. The molecule has 0 spiro atoms. The molecule has 0 amide bonds. The lowest BCUT2D eigenvalue weighted by atomic mass is 10.1. The highest BCUT2D eigenvalue weighted by atomic mass is 16.5. The van der Waals surface area contributed by atoms with E-state index in [0.29, 0.717) is 38.9 Å². The van der Waals surface area contributed by atoms with Crippen LogP contribution < -0.4 is 0 Å². The van der Waals surface area contributed by atoms with Crippen LogP contribution in [0.5, 0.6) is 0 Å². The van der Waals surface area contributed by atoms with E-state index < -0.39 is 0 Å². The number of hydrogen-bond donors (Lipinski definition) is 0. The number of allylic oxidation sites excluding steroid dienone is 2. The van der Waals surface area contributed by atoms with Crippen molar-refractivity contribution >= 4 is 11.9 Å². The Morgan fingerprint density at radius 3 is 1.48 bits per heavy atom. The first-order chi connectivity index (χ1) is 15.2. The zero-order valence-electron chi connectivity index (χ0n) is 20.6. The first kappa shape index (κ1) is 29.7. The molecule has 31 heavy (non-hydrogen) atoms. The second-order valence-electron chi connectivity index (χ2n) is 8.56. The number of unbranched alkanes of at least 4 members (excludes halogenated alkanes) is 13. The van der Waals surface area contributed by atoms with Crippen LogP contribution in [0.25, 0.3) is 0 Å². The third kappa shape index (κ3) is 24.8. The summed E-state index contributed by atoms with van der Waals surface area (Å²) in [5.41, 5.74) is 0. The first-order valence-electron chi connectivity index (χ1n) is 13.2. The molecule has 0 atom stereocenters. The van der Waals surface area contributed by atoms with Gasteiger partial charge in [0.2, 0.25) is 0 Å². The van der Waals surface area contributed by atoms with Gasteiger partial charge in [0.05, 0.1) is 13.2 Å². The fourth-order valence-electron chi connectivity index (χ4n) is 3.47. The maximum Gasteiger partial charge on any atom is 0.305 e. The number of carbonyl (C=O) groups is 2. The Morgan fingerprint density at radius 2 is 1.00 bits per heavy atom. The average molecular weight is 439 g/mol. The van der Waals surface area contributed by atoms with Crippen LogP contribution in [0, 0.1) is 0 Å². The van der Waals surface area contributed by atoms with Gasteiger partial charge >= 0.3 is 11.9 Å². The number of carbonyl (C=O) groups excluding carboxylic acids is 2. The Hall–Kier alpha value is -1.32. The molecular weight excluding hydrogens is 388 g/mol. The molecule has 0 aromatic heterocycles. The molecule has 0 aromatic rings. The molecule has 0 aliphatic rings. The van der Waals surface area contributed by atoms with Gasteiger partial charge in [-0.05, 0) is 44.9 Å². The summed E-state index contributed by atoms with van der Waals surface area (Å²) in [5, 5.41) is 0. The van der Waals surface area contributed by atoms with Crippen LogP contribution in [0.2, 0.25) is 0 Å². The van der Waals surface area contributed by atoms with Gasteiger partial charge in [-0.2, -0.15) is 0 Å². The van der Waals surface area contributed by atoms with Gasteiger partial charge in [0, 0.05) is 12.8 Å². The molecular formula is C27H50O4. The van der Waals surface area contributed by atoms with Crippen LogP contribution in [0.1, 0.15) is 136 Å². The molecule has 4 nitrogen and oxygen atoms in total. The van der Waals surface area contributed by atoms with E-state index in [-0.39, 0.29) is 11.9 Å². The molecule has 0 saturated heterocycles. The van der Waals surface area contributed by atoms with Gasteiger partial charge < -0.3 is 9.47 Å². The SMILES string of the molecule is CC/C=C/CCCCCCCCCCOC(=O)CCCCC(=O)OCCCCCCC. The summed E-state index contributed by atoms with van der Waals surface area (Å²) in [6, 6.07) is 0. The summed E-state index contributed by atoms with van der Waals surface area (Å²) in [6.07, 6.45) is 24.8. The predicted molar refractivity (Wildman–Crippen MR) is 130 cm³/mol. The predicted octanol–water partition coefficient (Wildman–Crippen LogP) is 8.08. The third-order valence-corrected chi connectivity index (χ3v) is 5.45. The summed E-state index contributed by atoms with van der Waals surface area (Å²) in [5.74, 6) is -0.279. The van der Waals surface area contributed by atoms with E-state index in [9.17, 15) is 9.59 Å². The summed E-state index contributed by atoms with van der Waals surface area (Å²) >= 11 is 0. The topological polar surface area (TPSA) is 52.6 Å². The molecule has 0 unspecified atom stereocenters. The van der Waals surface area contributed by atoms with Gasteiger partial charge in [-0.1, -0.05) is 90.2 Å². The van der Waals surface area contributed by atoms with Crippen molar-refractivity contribution < 1.29 is 19.1 Å². The third-order valence-electron chi connectivity index (χ3n) is 5.45. The van der Waals surface area contributed by atoms with Gasteiger partial charge in [-0.25, -0.2) is 0 Å². The Labute approximate surface area is 192 Å². The quantitative estimate of drug-likeness (QED) is 0.0919. The number of hydrogen-bond acceptors (Lipinski definition) is 4. The van der Waals surface area contributed by atoms with Crippen molar-refractivity contribution in [2.75, 3.05) is 13.2 Å². The van der Waals surface area contributed by atoms with E-state index in [1.54, 1.807) is 0 Å². The van der Waals surface area contributed by atoms with Gasteiger partial charge in [-0.15, -0.1) is 0 Å². The largest absolute Gasteiger partial charge is 0.466 e. The van der Waals surface area contributed by atoms with E-state index in [0.717, 1.165) is 32.1 Å². The van der Waals surface area contributed by atoms with Crippen LogP contribution >= 0.6 is 0 Å². The highest BCUT2D eigenvalue weighted by molar-refractivity contribution is 5.70. The van der Waals surface area contributed by atoms with Gasteiger partial charge in [-0.3, -0.25) is 9.59 Å². The monoisotopic (exact) mass is 438 g/mol. The van der Waals surface area contributed by atoms with Gasteiger partial charge in [0.15, 0.2) is 0 Å². The van der Waals surface area contributed by atoms with Crippen LogP contribution in [0.3, 0.4) is 0 Å². The number of esters is 2. The van der Waals surface area contributed by atoms with Crippen molar-refractivity contribution in [3.05, 3.63) is 12.2 Å². The van der Waals surface area contributed by atoms with E-state index in [1.165, 1.54) is 64.2 Å². The number of ether oxygens (including phenoxy) is 2. The van der Waals surface area contributed by atoms with E-state index in [4.69, 9.17) is 9.47 Å². The van der Waals surface area contributed by atoms with Crippen LogP contribution in [0.4, 0.5) is 0 Å².